The standard InChI is InChI=1S/C24H22F6N2O2S/c1-13-5-14(3-4-19(13)21(33)32-18-10-35(34)11-18)20-9-22(2,12-31-20)15-6-16(23(25,26)27)8-17(7-15)24(28,29)30/h3-8,18H,9-12H2,1-2H3,(H,32,33). The summed E-state index contributed by atoms with van der Waals surface area (Å²) >= 11 is -0.897. The molecule has 0 spiro atoms. The maximum Gasteiger partial charge on any atom is 0.416 e. The van der Waals surface area contributed by atoms with Gasteiger partial charge in [-0.25, -0.2) is 0 Å². The third-order valence-electron chi connectivity index (χ3n) is 6.37. The normalized spacial score (nSPS) is 24.7. The number of aryl methyl sites for hydroxylation is 1. The van der Waals surface area contributed by atoms with E-state index in [4.69, 9.17) is 0 Å². The summed E-state index contributed by atoms with van der Waals surface area (Å²) in [6.07, 6.45) is -9.70. The van der Waals surface area contributed by atoms with Crippen molar-refractivity contribution in [3.63, 3.8) is 0 Å². The van der Waals surface area contributed by atoms with Crippen LogP contribution in [-0.2, 0) is 28.9 Å². The van der Waals surface area contributed by atoms with Crippen molar-refractivity contribution < 1.29 is 35.7 Å². The highest BCUT2D eigenvalue weighted by Crippen LogP contribution is 2.42. The maximum absolute atomic E-state index is 13.3. The lowest BCUT2D eigenvalue weighted by Gasteiger charge is -2.29. The van der Waals surface area contributed by atoms with Crippen LogP contribution in [0.15, 0.2) is 41.4 Å². The molecule has 4 rings (SSSR count). The minimum absolute atomic E-state index is 0.0288. The molecular formula is C24H22F6N2O2S. The number of benzene rings is 2. The van der Waals surface area contributed by atoms with Gasteiger partial charge in [0.2, 0.25) is 0 Å². The molecule has 0 bridgehead atoms. The van der Waals surface area contributed by atoms with Crippen LogP contribution in [0.4, 0.5) is 26.3 Å². The molecule has 2 aliphatic rings. The maximum atomic E-state index is 13.3. The molecule has 0 aliphatic carbocycles. The molecule has 11 heteroatoms. The van der Waals surface area contributed by atoms with Crippen LogP contribution >= 0.6 is 0 Å². The van der Waals surface area contributed by atoms with E-state index in [9.17, 15) is 35.7 Å². The van der Waals surface area contributed by atoms with Crippen molar-refractivity contribution in [2.75, 3.05) is 18.1 Å². The predicted octanol–water partition coefficient (Wildman–Crippen LogP) is 5.04. The zero-order valence-electron chi connectivity index (χ0n) is 18.8. The van der Waals surface area contributed by atoms with Crippen molar-refractivity contribution >= 4 is 22.8 Å². The van der Waals surface area contributed by atoms with Crippen molar-refractivity contribution in [3.05, 3.63) is 69.8 Å². The Bertz CT molecular complexity index is 1160. The highest BCUT2D eigenvalue weighted by molar-refractivity contribution is 7.92. The van der Waals surface area contributed by atoms with Crippen LogP contribution in [-0.4, -0.2) is 40.3 Å². The predicted molar refractivity (Wildman–Crippen MR) is 120 cm³/mol. The first-order valence-electron chi connectivity index (χ1n) is 10.8. The number of amides is 1. The van der Waals surface area contributed by atoms with E-state index in [1.807, 2.05) is 0 Å². The van der Waals surface area contributed by atoms with Crippen LogP contribution in [0.2, 0.25) is 0 Å². The zero-order valence-corrected chi connectivity index (χ0v) is 19.6. The van der Waals surface area contributed by atoms with Crippen LogP contribution in [0, 0.1) is 6.92 Å². The fourth-order valence-corrected chi connectivity index (χ4v) is 5.25. The van der Waals surface area contributed by atoms with Gasteiger partial charge in [-0.1, -0.05) is 13.0 Å². The summed E-state index contributed by atoms with van der Waals surface area (Å²) in [6.45, 7) is 3.35. The number of halogens is 6. The van der Waals surface area contributed by atoms with E-state index in [2.05, 4.69) is 10.3 Å². The smallest absolute Gasteiger partial charge is 0.416 e. The van der Waals surface area contributed by atoms with Gasteiger partial charge in [0.15, 0.2) is 0 Å². The highest BCUT2D eigenvalue weighted by atomic mass is 32.2. The number of alkyl halides is 6. The number of hydrogen-bond acceptors (Lipinski definition) is 3. The van der Waals surface area contributed by atoms with Crippen LogP contribution in [0.25, 0.3) is 0 Å². The van der Waals surface area contributed by atoms with E-state index in [0.717, 1.165) is 12.1 Å². The van der Waals surface area contributed by atoms with E-state index in [1.54, 1.807) is 32.0 Å². The van der Waals surface area contributed by atoms with Crippen LogP contribution in [0.5, 0.6) is 0 Å². The molecule has 4 nitrogen and oxygen atoms in total. The Hall–Kier alpha value is -2.53. The lowest BCUT2D eigenvalue weighted by atomic mass is 9.78. The van der Waals surface area contributed by atoms with Crippen molar-refractivity contribution in [2.24, 2.45) is 4.99 Å². The molecule has 0 aromatic heterocycles. The van der Waals surface area contributed by atoms with E-state index >= 15 is 0 Å². The Balaban J connectivity index is 1.56. The molecule has 2 heterocycles. The SMILES string of the molecule is Cc1cc(C2=NCC(C)(c3cc(C(F)(F)F)cc(C(F)(F)F)c3)C2)ccc1C(=O)NC1C[S+]([O-])C1. The molecule has 1 amide bonds. The van der Waals surface area contributed by atoms with E-state index in [-0.39, 0.29) is 36.5 Å². The summed E-state index contributed by atoms with van der Waals surface area (Å²) in [7, 11) is 0. The first-order chi connectivity index (χ1) is 16.2. The minimum atomic E-state index is -4.92. The molecule has 0 radical (unpaired) electrons. The molecule has 0 saturated carbocycles. The van der Waals surface area contributed by atoms with Gasteiger partial charge >= 0.3 is 12.4 Å². The van der Waals surface area contributed by atoms with Gasteiger partial charge in [0, 0.05) is 29.7 Å². The molecule has 2 aliphatic heterocycles. The van der Waals surface area contributed by atoms with Gasteiger partial charge < -0.3 is 9.87 Å². The Morgan fingerprint density at radius 1 is 1.06 bits per heavy atom. The number of carbonyl (C=O) groups excluding carboxylic acids is 1. The average Bonchev–Trinajstić information content (AvgIpc) is 3.14. The van der Waals surface area contributed by atoms with E-state index in [1.165, 1.54) is 0 Å². The molecule has 1 saturated heterocycles. The summed E-state index contributed by atoms with van der Waals surface area (Å²) in [4.78, 5) is 16.9. The first-order valence-corrected chi connectivity index (χ1v) is 12.2. The van der Waals surface area contributed by atoms with Gasteiger partial charge in [0.25, 0.3) is 5.91 Å². The lowest BCUT2D eigenvalue weighted by Crippen LogP contribution is -2.53. The number of hydrogen-bond donors (Lipinski definition) is 1. The molecule has 188 valence electrons. The van der Waals surface area contributed by atoms with Crippen molar-refractivity contribution in [3.8, 4) is 0 Å². The number of aliphatic imine (C=N–C) groups is 1. The third-order valence-corrected chi connectivity index (χ3v) is 7.92. The summed E-state index contributed by atoms with van der Waals surface area (Å²) < 4.78 is 91.1. The van der Waals surface area contributed by atoms with E-state index in [0.29, 0.717) is 33.9 Å². The summed E-state index contributed by atoms with van der Waals surface area (Å²) in [5.74, 6) is 0.547. The van der Waals surface area contributed by atoms with Gasteiger partial charge in [0.05, 0.1) is 11.1 Å². The van der Waals surface area contributed by atoms with Crippen molar-refractivity contribution in [2.45, 2.75) is 44.1 Å². The van der Waals surface area contributed by atoms with Gasteiger partial charge in [-0.3, -0.25) is 9.79 Å². The molecular weight excluding hydrogens is 494 g/mol. The second kappa shape index (κ2) is 8.85. The van der Waals surface area contributed by atoms with Crippen LogP contribution in [0.1, 0.15) is 51.5 Å². The molecule has 35 heavy (non-hydrogen) atoms. The summed E-state index contributed by atoms with van der Waals surface area (Å²) in [5, 5.41) is 2.82. The molecule has 1 fully saturated rings. The fourth-order valence-electron chi connectivity index (χ4n) is 4.29. The molecule has 2 aromatic carbocycles. The topological polar surface area (TPSA) is 64.5 Å². The average molecular weight is 517 g/mol. The number of nitrogens with one attached hydrogen (secondary N) is 1. The minimum Gasteiger partial charge on any atom is -0.616 e. The Kier molecular flexibility index (Phi) is 6.46. The Labute approximate surface area is 201 Å². The second-order valence-electron chi connectivity index (χ2n) is 9.27. The van der Waals surface area contributed by atoms with Crippen molar-refractivity contribution in [1.82, 2.24) is 5.32 Å². The number of carbonyl (C=O) groups is 1. The molecule has 2 aromatic rings. The van der Waals surface area contributed by atoms with Gasteiger partial charge in [-0.15, -0.1) is 0 Å². The Morgan fingerprint density at radius 2 is 1.66 bits per heavy atom. The van der Waals surface area contributed by atoms with Gasteiger partial charge in [-0.05, 0) is 65.1 Å². The molecule has 1 unspecified atom stereocenters. The quantitative estimate of drug-likeness (QED) is 0.457. The summed E-state index contributed by atoms with van der Waals surface area (Å²) in [6, 6.07) is 6.53. The lowest BCUT2D eigenvalue weighted by molar-refractivity contribution is -0.143. The largest absolute Gasteiger partial charge is 0.616 e. The second-order valence-corrected chi connectivity index (χ2v) is 10.8. The zero-order chi connectivity index (χ0) is 25.8. The van der Waals surface area contributed by atoms with Crippen LogP contribution in [0.3, 0.4) is 0 Å². The number of rotatable bonds is 4. The van der Waals surface area contributed by atoms with Gasteiger partial charge in [-0.2, -0.15) is 26.3 Å². The van der Waals surface area contributed by atoms with Gasteiger partial charge in [0.1, 0.15) is 17.5 Å². The van der Waals surface area contributed by atoms with Crippen molar-refractivity contribution in [1.29, 1.82) is 0 Å². The molecule has 1 N–H and O–H groups in total. The third kappa shape index (κ3) is 5.35. The summed E-state index contributed by atoms with van der Waals surface area (Å²) in [5.41, 5.74) is -1.56. The molecule has 1 atom stereocenters. The van der Waals surface area contributed by atoms with E-state index < -0.39 is 40.1 Å². The Morgan fingerprint density at radius 3 is 2.17 bits per heavy atom. The monoisotopic (exact) mass is 516 g/mol. The van der Waals surface area contributed by atoms with Crippen LogP contribution < -0.4 is 5.32 Å². The number of nitrogens with zero attached hydrogens (tertiary/aromatic N) is 1. The fraction of sp³-hybridized carbons (Fsp3) is 0.417. The first kappa shape index (κ1) is 25.6. The highest BCUT2D eigenvalue weighted by Gasteiger charge is 2.41.